The van der Waals surface area contributed by atoms with Crippen LogP contribution >= 0.6 is 0 Å². The molecule has 2 aromatic carbocycles. The second-order valence-electron chi connectivity index (χ2n) is 3.91. The molecule has 0 heterocycles. The number of nitro benzene ring substituents is 1. The van der Waals surface area contributed by atoms with Crippen LogP contribution in [0.5, 0.6) is 11.5 Å². The molecule has 0 amide bonds. The average molecular weight is 265 g/mol. The van der Waals surface area contributed by atoms with Gasteiger partial charge < -0.3 is 4.74 Å². The molecular formula is C13H9F2NO3. The van der Waals surface area contributed by atoms with E-state index in [4.69, 9.17) is 4.74 Å². The molecule has 2 aromatic rings. The summed E-state index contributed by atoms with van der Waals surface area (Å²) in [4.78, 5) is 9.87. The quantitative estimate of drug-likeness (QED) is 0.623. The fourth-order valence-electron chi connectivity index (χ4n) is 1.52. The van der Waals surface area contributed by atoms with Gasteiger partial charge in [0.2, 0.25) is 0 Å². The smallest absolute Gasteiger partial charge is 0.276 e. The lowest BCUT2D eigenvalue weighted by atomic mass is 10.2. The highest BCUT2D eigenvalue weighted by atomic mass is 19.1. The Morgan fingerprint density at radius 2 is 1.84 bits per heavy atom. The van der Waals surface area contributed by atoms with Gasteiger partial charge in [0.15, 0.2) is 0 Å². The summed E-state index contributed by atoms with van der Waals surface area (Å²) in [6.07, 6.45) is 0. The van der Waals surface area contributed by atoms with Crippen molar-refractivity contribution >= 4 is 5.69 Å². The van der Waals surface area contributed by atoms with Crippen LogP contribution in [-0.4, -0.2) is 4.92 Å². The molecule has 6 heteroatoms. The molecule has 0 bridgehead atoms. The molecule has 98 valence electrons. The van der Waals surface area contributed by atoms with Crippen molar-refractivity contribution in [3.05, 3.63) is 63.7 Å². The SMILES string of the molecule is Cc1ccc(F)cc1Oc1cc(F)cc([N+](=O)[O-])c1. The van der Waals surface area contributed by atoms with E-state index in [0.29, 0.717) is 5.56 Å². The second kappa shape index (κ2) is 5.01. The summed E-state index contributed by atoms with van der Waals surface area (Å²) in [6.45, 7) is 1.68. The lowest BCUT2D eigenvalue weighted by Gasteiger charge is -2.08. The Morgan fingerprint density at radius 1 is 1.11 bits per heavy atom. The predicted molar refractivity (Wildman–Crippen MR) is 64.3 cm³/mol. The number of nitrogens with zero attached hydrogens (tertiary/aromatic N) is 1. The standard InChI is InChI=1S/C13H9F2NO3/c1-8-2-3-9(14)6-13(8)19-12-5-10(15)4-11(7-12)16(17)18/h2-7H,1H3. The van der Waals surface area contributed by atoms with Gasteiger partial charge in [0.1, 0.15) is 23.1 Å². The number of hydrogen-bond donors (Lipinski definition) is 0. The Hall–Kier alpha value is -2.50. The Balaban J connectivity index is 2.38. The van der Waals surface area contributed by atoms with Crippen molar-refractivity contribution in [2.24, 2.45) is 0 Å². The number of benzene rings is 2. The van der Waals surface area contributed by atoms with Crippen LogP contribution in [0.2, 0.25) is 0 Å². The van der Waals surface area contributed by atoms with Crippen molar-refractivity contribution in [2.75, 3.05) is 0 Å². The fourth-order valence-corrected chi connectivity index (χ4v) is 1.52. The first-order valence-electron chi connectivity index (χ1n) is 5.35. The molecule has 0 unspecified atom stereocenters. The van der Waals surface area contributed by atoms with Gasteiger partial charge in [-0.1, -0.05) is 6.07 Å². The van der Waals surface area contributed by atoms with E-state index in [2.05, 4.69) is 0 Å². The first kappa shape index (κ1) is 12.9. The second-order valence-corrected chi connectivity index (χ2v) is 3.91. The van der Waals surface area contributed by atoms with Crippen LogP contribution < -0.4 is 4.74 Å². The molecule has 0 saturated heterocycles. The van der Waals surface area contributed by atoms with Gasteiger partial charge >= 0.3 is 0 Å². The highest BCUT2D eigenvalue weighted by Gasteiger charge is 2.12. The maximum Gasteiger partial charge on any atom is 0.276 e. The van der Waals surface area contributed by atoms with E-state index in [9.17, 15) is 18.9 Å². The topological polar surface area (TPSA) is 52.4 Å². The third kappa shape index (κ3) is 3.04. The zero-order valence-electron chi connectivity index (χ0n) is 9.89. The fraction of sp³-hybridized carbons (Fsp3) is 0.0769. The maximum absolute atomic E-state index is 13.2. The van der Waals surface area contributed by atoms with E-state index in [1.165, 1.54) is 12.1 Å². The highest BCUT2D eigenvalue weighted by Crippen LogP contribution is 2.29. The van der Waals surface area contributed by atoms with Crippen molar-refractivity contribution < 1.29 is 18.4 Å². The van der Waals surface area contributed by atoms with Gasteiger partial charge in [-0.15, -0.1) is 0 Å². The number of nitro groups is 1. The Bertz CT molecular complexity index is 644. The Kier molecular flexibility index (Phi) is 3.41. The molecule has 0 radical (unpaired) electrons. The molecular weight excluding hydrogens is 256 g/mol. The monoisotopic (exact) mass is 265 g/mol. The lowest BCUT2D eigenvalue weighted by Crippen LogP contribution is -1.93. The highest BCUT2D eigenvalue weighted by molar-refractivity contribution is 5.43. The van der Waals surface area contributed by atoms with Gasteiger partial charge in [-0.05, 0) is 18.6 Å². The Morgan fingerprint density at radius 3 is 2.53 bits per heavy atom. The van der Waals surface area contributed by atoms with Crippen LogP contribution in [0.1, 0.15) is 5.56 Å². The van der Waals surface area contributed by atoms with Crippen molar-refractivity contribution in [2.45, 2.75) is 6.92 Å². The third-order valence-electron chi connectivity index (χ3n) is 2.44. The number of hydrogen-bond acceptors (Lipinski definition) is 3. The van der Waals surface area contributed by atoms with Gasteiger partial charge in [-0.2, -0.15) is 0 Å². The Labute approximate surface area is 107 Å². The van der Waals surface area contributed by atoms with Crippen LogP contribution in [-0.2, 0) is 0 Å². The third-order valence-corrected chi connectivity index (χ3v) is 2.44. The van der Waals surface area contributed by atoms with Crippen LogP contribution in [0.15, 0.2) is 36.4 Å². The first-order valence-corrected chi connectivity index (χ1v) is 5.35. The van der Waals surface area contributed by atoms with Crippen LogP contribution in [0.3, 0.4) is 0 Å². The van der Waals surface area contributed by atoms with Crippen molar-refractivity contribution in [1.29, 1.82) is 0 Å². The van der Waals surface area contributed by atoms with E-state index in [0.717, 1.165) is 24.3 Å². The number of aryl methyl sites for hydroxylation is 1. The summed E-state index contributed by atoms with van der Waals surface area (Å²) in [5.74, 6) is -1.18. The average Bonchev–Trinajstić information content (AvgIpc) is 2.33. The molecule has 0 fully saturated rings. The van der Waals surface area contributed by atoms with Crippen LogP contribution in [0.25, 0.3) is 0 Å². The molecule has 0 saturated carbocycles. The summed E-state index contributed by atoms with van der Waals surface area (Å²) in [5.41, 5.74) is 0.206. The van der Waals surface area contributed by atoms with Gasteiger partial charge in [-0.25, -0.2) is 8.78 Å². The summed E-state index contributed by atoms with van der Waals surface area (Å²) < 4.78 is 31.6. The van der Waals surface area contributed by atoms with E-state index in [1.54, 1.807) is 6.92 Å². The molecule has 2 rings (SSSR count). The van der Waals surface area contributed by atoms with Crippen LogP contribution in [0.4, 0.5) is 14.5 Å². The molecule has 0 aliphatic rings. The minimum absolute atomic E-state index is 0.0552. The molecule has 0 aliphatic heterocycles. The minimum Gasteiger partial charge on any atom is -0.457 e. The van der Waals surface area contributed by atoms with Gasteiger partial charge in [-0.3, -0.25) is 10.1 Å². The van der Waals surface area contributed by atoms with Crippen molar-refractivity contribution in [1.82, 2.24) is 0 Å². The van der Waals surface area contributed by atoms with Gasteiger partial charge in [0.05, 0.1) is 17.1 Å². The summed E-state index contributed by atoms with van der Waals surface area (Å²) in [5, 5.41) is 10.6. The summed E-state index contributed by atoms with van der Waals surface area (Å²) in [6, 6.07) is 6.75. The summed E-state index contributed by atoms with van der Waals surface area (Å²) >= 11 is 0. The number of halogens is 2. The predicted octanol–water partition coefficient (Wildman–Crippen LogP) is 3.97. The largest absolute Gasteiger partial charge is 0.457 e. The minimum atomic E-state index is -0.793. The van der Waals surface area contributed by atoms with Crippen LogP contribution in [0, 0.1) is 28.7 Å². The molecule has 0 aromatic heterocycles. The molecule has 0 atom stereocenters. The molecule has 19 heavy (non-hydrogen) atoms. The van der Waals surface area contributed by atoms with Gasteiger partial charge in [0.25, 0.3) is 5.69 Å². The first-order chi connectivity index (χ1) is 8.95. The van der Waals surface area contributed by atoms with Crippen molar-refractivity contribution in [3.8, 4) is 11.5 Å². The van der Waals surface area contributed by atoms with E-state index in [1.807, 2.05) is 0 Å². The number of rotatable bonds is 3. The van der Waals surface area contributed by atoms with E-state index >= 15 is 0 Å². The van der Waals surface area contributed by atoms with E-state index in [-0.39, 0.29) is 11.5 Å². The zero-order chi connectivity index (χ0) is 14.0. The van der Waals surface area contributed by atoms with E-state index < -0.39 is 22.2 Å². The number of ether oxygens (including phenoxy) is 1. The molecule has 0 N–H and O–H groups in total. The number of non-ortho nitro benzene ring substituents is 1. The van der Waals surface area contributed by atoms with Gasteiger partial charge in [0, 0.05) is 12.1 Å². The van der Waals surface area contributed by atoms with Crippen molar-refractivity contribution in [3.63, 3.8) is 0 Å². The molecule has 0 aliphatic carbocycles. The zero-order valence-corrected chi connectivity index (χ0v) is 9.89. The summed E-state index contributed by atoms with van der Waals surface area (Å²) in [7, 11) is 0. The normalized spacial score (nSPS) is 10.3. The maximum atomic E-state index is 13.2. The lowest BCUT2D eigenvalue weighted by molar-refractivity contribution is -0.385. The molecule has 0 spiro atoms. The molecule has 4 nitrogen and oxygen atoms in total.